The van der Waals surface area contributed by atoms with Crippen molar-refractivity contribution in [3.8, 4) is 0 Å². The average molecular weight is 299 g/mol. The zero-order chi connectivity index (χ0) is 15.6. The quantitative estimate of drug-likeness (QED) is 0.788. The molecule has 20 heavy (non-hydrogen) atoms. The number of hydrogen-bond donors (Lipinski definition) is 3. The van der Waals surface area contributed by atoms with Crippen LogP contribution in [0.3, 0.4) is 0 Å². The fourth-order valence-corrected chi connectivity index (χ4v) is 2.12. The van der Waals surface area contributed by atoms with E-state index in [1.54, 1.807) is 12.1 Å². The van der Waals surface area contributed by atoms with E-state index in [9.17, 15) is 13.2 Å². The summed E-state index contributed by atoms with van der Waals surface area (Å²) >= 11 is 0. The minimum Gasteiger partial charge on any atom is -0.334 e. The Bertz CT molecular complexity index is 574. The number of urea groups is 1. The first-order valence-corrected chi connectivity index (χ1v) is 7.75. The van der Waals surface area contributed by atoms with Crippen molar-refractivity contribution in [3.63, 3.8) is 0 Å². The van der Waals surface area contributed by atoms with Crippen molar-refractivity contribution in [2.24, 2.45) is 5.14 Å². The van der Waals surface area contributed by atoms with Crippen molar-refractivity contribution in [2.45, 2.75) is 44.2 Å². The molecule has 1 aromatic carbocycles. The molecule has 112 valence electrons. The lowest BCUT2D eigenvalue weighted by Crippen LogP contribution is -2.47. The second-order valence-corrected chi connectivity index (χ2v) is 7.25. The van der Waals surface area contributed by atoms with Gasteiger partial charge in [-0.3, -0.25) is 0 Å². The smallest absolute Gasteiger partial charge is 0.315 e. The minimum absolute atomic E-state index is 0.0487. The van der Waals surface area contributed by atoms with Crippen LogP contribution in [0.5, 0.6) is 0 Å². The summed E-state index contributed by atoms with van der Waals surface area (Å²) < 4.78 is 22.3. The number of amides is 2. The molecule has 2 amide bonds. The summed E-state index contributed by atoms with van der Waals surface area (Å²) in [6.45, 7) is 7.47. The fourth-order valence-electron chi connectivity index (χ4n) is 1.60. The highest BCUT2D eigenvalue weighted by Gasteiger charge is 2.16. The van der Waals surface area contributed by atoms with E-state index in [1.807, 2.05) is 27.7 Å². The van der Waals surface area contributed by atoms with Crippen LogP contribution in [0.15, 0.2) is 29.2 Å². The molecule has 0 heterocycles. The van der Waals surface area contributed by atoms with Gasteiger partial charge in [-0.2, -0.15) is 0 Å². The lowest BCUT2D eigenvalue weighted by atomic mass is 10.1. The molecule has 0 saturated heterocycles. The van der Waals surface area contributed by atoms with E-state index in [2.05, 4.69) is 10.6 Å². The average Bonchev–Trinajstić information content (AvgIpc) is 2.25. The summed E-state index contributed by atoms with van der Waals surface area (Å²) in [7, 11) is -3.69. The Morgan fingerprint density at radius 2 is 1.70 bits per heavy atom. The zero-order valence-electron chi connectivity index (χ0n) is 12.1. The Balaban J connectivity index is 2.74. The van der Waals surface area contributed by atoms with Crippen LogP contribution in [0.2, 0.25) is 0 Å². The number of carbonyl (C=O) groups excluding carboxylic acids is 1. The number of rotatable bonds is 3. The summed E-state index contributed by atoms with van der Waals surface area (Å²) in [4.78, 5) is 11.8. The molecule has 0 aliphatic rings. The first kappa shape index (κ1) is 16.5. The van der Waals surface area contributed by atoms with Crippen molar-refractivity contribution in [1.29, 1.82) is 0 Å². The number of carbonyl (C=O) groups is 1. The van der Waals surface area contributed by atoms with Crippen LogP contribution in [0.4, 0.5) is 4.79 Å². The van der Waals surface area contributed by atoms with E-state index in [0.717, 1.165) is 5.56 Å². The monoisotopic (exact) mass is 299 g/mol. The molecule has 0 aliphatic carbocycles. The molecule has 1 rings (SSSR count). The predicted molar refractivity (Wildman–Crippen MR) is 77.7 cm³/mol. The molecular weight excluding hydrogens is 278 g/mol. The Morgan fingerprint density at radius 1 is 1.20 bits per heavy atom. The third-order valence-corrected chi connectivity index (χ3v) is 3.47. The number of sulfonamides is 1. The largest absolute Gasteiger partial charge is 0.334 e. The van der Waals surface area contributed by atoms with Crippen LogP contribution in [-0.2, 0) is 10.0 Å². The summed E-state index contributed by atoms with van der Waals surface area (Å²) in [5, 5.41) is 10.6. The second kappa shape index (κ2) is 5.80. The van der Waals surface area contributed by atoms with Crippen molar-refractivity contribution >= 4 is 16.1 Å². The van der Waals surface area contributed by atoms with E-state index in [1.165, 1.54) is 12.1 Å². The molecule has 1 unspecified atom stereocenters. The van der Waals surface area contributed by atoms with Crippen LogP contribution in [0, 0.1) is 0 Å². The lowest BCUT2D eigenvalue weighted by molar-refractivity contribution is 0.229. The number of hydrogen-bond acceptors (Lipinski definition) is 3. The van der Waals surface area contributed by atoms with Gasteiger partial charge in [0, 0.05) is 5.54 Å². The van der Waals surface area contributed by atoms with Gasteiger partial charge in [0.15, 0.2) is 0 Å². The molecule has 0 saturated carbocycles. The SMILES string of the molecule is CC(NC(=O)NC(C)(C)C)c1ccc(S(N)(=O)=O)cc1. The second-order valence-electron chi connectivity index (χ2n) is 5.68. The van der Waals surface area contributed by atoms with Gasteiger partial charge in [0.2, 0.25) is 10.0 Å². The van der Waals surface area contributed by atoms with Gasteiger partial charge in [0.1, 0.15) is 0 Å². The van der Waals surface area contributed by atoms with E-state index < -0.39 is 10.0 Å². The Hall–Kier alpha value is -1.60. The van der Waals surface area contributed by atoms with Crippen molar-refractivity contribution in [1.82, 2.24) is 10.6 Å². The molecule has 1 atom stereocenters. The van der Waals surface area contributed by atoms with Gasteiger partial charge in [0.05, 0.1) is 10.9 Å². The van der Waals surface area contributed by atoms with E-state index in [4.69, 9.17) is 5.14 Å². The molecule has 1 aromatic rings. The Kier molecular flexibility index (Phi) is 4.77. The molecule has 0 spiro atoms. The van der Waals surface area contributed by atoms with Gasteiger partial charge < -0.3 is 10.6 Å². The van der Waals surface area contributed by atoms with Crippen molar-refractivity contribution < 1.29 is 13.2 Å². The first-order valence-electron chi connectivity index (χ1n) is 6.20. The molecule has 6 nitrogen and oxygen atoms in total. The van der Waals surface area contributed by atoms with E-state index >= 15 is 0 Å². The van der Waals surface area contributed by atoms with Gasteiger partial charge in [0.25, 0.3) is 0 Å². The normalized spacial score (nSPS) is 13.7. The molecule has 4 N–H and O–H groups in total. The summed E-state index contributed by atoms with van der Waals surface area (Å²) in [6.07, 6.45) is 0. The number of nitrogens with two attached hydrogens (primary N) is 1. The first-order chi connectivity index (χ1) is 8.99. The zero-order valence-corrected chi connectivity index (χ0v) is 12.9. The standard InChI is InChI=1S/C13H21N3O3S/c1-9(15-12(17)16-13(2,3)4)10-5-7-11(8-6-10)20(14,18)19/h5-9H,1-4H3,(H2,14,18,19)(H2,15,16,17). The van der Waals surface area contributed by atoms with E-state index in [0.29, 0.717) is 0 Å². The van der Waals surface area contributed by atoms with Crippen molar-refractivity contribution in [2.75, 3.05) is 0 Å². The Labute approximate surface area is 119 Å². The van der Waals surface area contributed by atoms with Crippen LogP contribution in [0.1, 0.15) is 39.3 Å². The summed E-state index contributed by atoms with van der Waals surface area (Å²) in [5.41, 5.74) is 0.475. The molecule has 0 aromatic heterocycles. The lowest BCUT2D eigenvalue weighted by Gasteiger charge is -2.23. The molecule has 0 radical (unpaired) electrons. The van der Waals surface area contributed by atoms with Crippen LogP contribution < -0.4 is 15.8 Å². The van der Waals surface area contributed by atoms with Gasteiger partial charge in [-0.1, -0.05) is 12.1 Å². The predicted octanol–water partition coefficient (Wildman–Crippen LogP) is 1.49. The van der Waals surface area contributed by atoms with Crippen molar-refractivity contribution in [3.05, 3.63) is 29.8 Å². The number of benzene rings is 1. The maximum Gasteiger partial charge on any atom is 0.315 e. The van der Waals surface area contributed by atoms with E-state index in [-0.39, 0.29) is 22.5 Å². The van der Waals surface area contributed by atoms with Crippen LogP contribution >= 0.6 is 0 Å². The molecule has 0 fully saturated rings. The van der Waals surface area contributed by atoms with Gasteiger partial charge >= 0.3 is 6.03 Å². The summed E-state index contributed by atoms with van der Waals surface area (Å²) in [5.74, 6) is 0. The highest BCUT2D eigenvalue weighted by molar-refractivity contribution is 7.89. The fraction of sp³-hybridized carbons (Fsp3) is 0.462. The van der Waals surface area contributed by atoms with Gasteiger partial charge in [-0.25, -0.2) is 18.4 Å². The third kappa shape index (κ3) is 5.18. The maximum atomic E-state index is 11.7. The van der Waals surface area contributed by atoms with Gasteiger partial charge in [-0.15, -0.1) is 0 Å². The van der Waals surface area contributed by atoms with Crippen LogP contribution in [0.25, 0.3) is 0 Å². The molecule has 0 bridgehead atoms. The van der Waals surface area contributed by atoms with Gasteiger partial charge in [-0.05, 0) is 45.4 Å². The minimum atomic E-state index is -3.69. The maximum absolute atomic E-state index is 11.7. The highest BCUT2D eigenvalue weighted by Crippen LogP contribution is 2.15. The number of nitrogens with one attached hydrogen (secondary N) is 2. The molecular formula is C13H21N3O3S. The third-order valence-electron chi connectivity index (χ3n) is 2.54. The molecule has 0 aliphatic heterocycles. The van der Waals surface area contributed by atoms with Crippen LogP contribution in [-0.4, -0.2) is 20.0 Å². The highest BCUT2D eigenvalue weighted by atomic mass is 32.2. The number of primary sulfonamides is 1. The molecule has 7 heteroatoms. The Morgan fingerprint density at radius 3 is 2.10 bits per heavy atom. The topological polar surface area (TPSA) is 101 Å². The summed E-state index contributed by atoms with van der Waals surface area (Å²) in [6, 6.07) is 5.57.